The van der Waals surface area contributed by atoms with Crippen molar-refractivity contribution in [1.29, 1.82) is 0 Å². The first-order valence-electron chi connectivity index (χ1n) is 7.38. The summed E-state index contributed by atoms with van der Waals surface area (Å²) in [6, 6.07) is 7.80. The third-order valence-electron chi connectivity index (χ3n) is 4.20. The largest absolute Gasteiger partial charge is 0.464 e. The molecule has 1 aromatic carbocycles. The average molecular weight is 311 g/mol. The quantitative estimate of drug-likeness (QED) is 0.867. The summed E-state index contributed by atoms with van der Waals surface area (Å²) in [7, 11) is 2.08. The minimum atomic E-state index is -0.701. The lowest BCUT2D eigenvalue weighted by molar-refractivity contribution is -0.151. The molecule has 21 heavy (non-hydrogen) atoms. The van der Waals surface area contributed by atoms with Gasteiger partial charge in [-0.1, -0.05) is 23.7 Å². The molecule has 0 spiro atoms. The molecule has 0 amide bonds. The first kappa shape index (κ1) is 16.1. The maximum Gasteiger partial charge on any atom is 0.331 e. The number of hydrogen-bond acceptors (Lipinski definition) is 4. The predicted molar refractivity (Wildman–Crippen MR) is 85.8 cm³/mol. The van der Waals surface area contributed by atoms with Crippen LogP contribution in [0.3, 0.4) is 0 Å². The fraction of sp³-hybridized carbons (Fsp3) is 0.562. The van der Waals surface area contributed by atoms with E-state index in [1.165, 1.54) is 0 Å². The monoisotopic (exact) mass is 310 g/mol. The number of para-hydroxylation sites is 1. The minimum Gasteiger partial charge on any atom is -0.464 e. The molecule has 2 atom stereocenters. The maximum absolute atomic E-state index is 12.5. The summed E-state index contributed by atoms with van der Waals surface area (Å²) in [6.07, 6.45) is 1.41. The van der Waals surface area contributed by atoms with Crippen LogP contribution in [-0.4, -0.2) is 42.6 Å². The molecule has 1 heterocycles. The second-order valence-corrected chi connectivity index (χ2v) is 6.10. The molecular formula is C16H23ClN2O2. The van der Waals surface area contributed by atoms with Crippen LogP contribution in [-0.2, 0) is 9.53 Å². The maximum atomic E-state index is 12.5. The smallest absolute Gasteiger partial charge is 0.331 e. The Bertz CT molecular complexity index is 509. The second-order valence-electron chi connectivity index (χ2n) is 5.69. The lowest BCUT2D eigenvalue weighted by Gasteiger charge is -2.43. The molecule has 1 fully saturated rings. The van der Waals surface area contributed by atoms with Gasteiger partial charge in [-0.05, 0) is 45.9 Å². The van der Waals surface area contributed by atoms with Gasteiger partial charge >= 0.3 is 5.97 Å². The number of rotatable bonds is 4. The molecule has 1 aliphatic heterocycles. The van der Waals surface area contributed by atoms with E-state index in [4.69, 9.17) is 16.3 Å². The average Bonchev–Trinajstić information content (AvgIpc) is 2.46. The standard InChI is InChI=1S/C16H23ClN2O2/c1-4-21-15(20)16(9-10-19(3)12(2)11-16)18-14-8-6-5-7-13(14)17/h5-8,12,18H,4,9-11H2,1-3H3. The normalized spacial score (nSPS) is 26.4. The topological polar surface area (TPSA) is 41.6 Å². The molecule has 0 saturated carbocycles. The molecule has 2 rings (SSSR count). The van der Waals surface area contributed by atoms with Gasteiger partial charge in [-0.25, -0.2) is 4.79 Å². The Morgan fingerprint density at radius 1 is 1.52 bits per heavy atom. The lowest BCUT2D eigenvalue weighted by Crippen LogP contribution is -2.57. The van der Waals surface area contributed by atoms with Gasteiger partial charge in [-0.15, -0.1) is 0 Å². The highest BCUT2D eigenvalue weighted by atomic mass is 35.5. The van der Waals surface area contributed by atoms with Crippen molar-refractivity contribution in [1.82, 2.24) is 4.90 Å². The highest BCUT2D eigenvalue weighted by molar-refractivity contribution is 6.33. The summed E-state index contributed by atoms with van der Waals surface area (Å²) in [5, 5.41) is 3.98. The van der Waals surface area contributed by atoms with Crippen molar-refractivity contribution in [2.75, 3.05) is 25.5 Å². The van der Waals surface area contributed by atoms with Crippen molar-refractivity contribution in [2.45, 2.75) is 38.3 Å². The number of carbonyl (C=O) groups excluding carboxylic acids is 1. The van der Waals surface area contributed by atoms with E-state index in [9.17, 15) is 4.79 Å². The van der Waals surface area contributed by atoms with Crippen LogP contribution >= 0.6 is 11.6 Å². The van der Waals surface area contributed by atoms with Crippen LogP contribution in [0.4, 0.5) is 5.69 Å². The molecule has 1 saturated heterocycles. The number of carbonyl (C=O) groups is 1. The summed E-state index contributed by atoms with van der Waals surface area (Å²) in [6.45, 7) is 5.19. The Morgan fingerprint density at radius 2 is 2.24 bits per heavy atom. The SMILES string of the molecule is CCOC(=O)C1(Nc2ccccc2Cl)CCN(C)C(C)C1. The predicted octanol–water partition coefficient (Wildman–Crippen LogP) is 3.17. The number of ether oxygens (including phenoxy) is 1. The summed E-state index contributed by atoms with van der Waals surface area (Å²) >= 11 is 6.23. The fourth-order valence-electron chi connectivity index (χ4n) is 2.79. The van der Waals surface area contributed by atoms with Gasteiger partial charge in [-0.3, -0.25) is 0 Å². The first-order valence-corrected chi connectivity index (χ1v) is 7.76. The van der Waals surface area contributed by atoms with E-state index >= 15 is 0 Å². The molecule has 1 aliphatic rings. The zero-order chi connectivity index (χ0) is 15.5. The molecule has 0 bridgehead atoms. The van der Waals surface area contributed by atoms with Crippen LogP contribution in [0, 0.1) is 0 Å². The molecule has 1 N–H and O–H groups in total. The fourth-order valence-corrected chi connectivity index (χ4v) is 2.97. The number of esters is 1. The number of piperidine rings is 1. The number of hydrogen-bond donors (Lipinski definition) is 1. The Morgan fingerprint density at radius 3 is 2.86 bits per heavy atom. The van der Waals surface area contributed by atoms with E-state index in [1.807, 2.05) is 31.2 Å². The van der Waals surface area contributed by atoms with Gasteiger partial charge < -0.3 is 15.0 Å². The lowest BCUT2D eigenvalue weighted by atomic mass is 9.83. The first-order chi connectivity index (χ1) is 9.98. The van der Waals surface area contributed by atoms with Crippen LogP contribution in [0.2, 0.25) is 5.02 Å². The Hall–Kier alpha value is -1.26. The Labute approximate surface area is 131 Å². The number of anilines is 1. The van der Waals surface area contributed by atoms with Crippen LogP contribution < -0.4 is 5.32 Å². The zero-order valence-electron chi connectivity index (χ0n) is 12.9. The van der Waals surface area contributed by atoms with Gasteiger partial charge in [0, 0.05) is 12.6 Å². The molecule has 4 nitrogen and oxygen atoms in total. The zero-order valence-corrected chi connectivity index (χ0v) is 13.6. The van der Waals surface area contributed by atoms with Gasteiger partial charge in [-0.2, -0.15) is 0 Å². The van der Waals surface area contributed by atoms with E-state index in [0.717, 1.165) is 12.2 Å². The van der Waals surface area contributed by atoms with Crippen molar-refractivity contribution in [3.8, 4) is 0 Å². The van der Waals surface area contributed by atoms with Crippen molar-refractivity contribution in [2.24, 2.45) is 0 Å². The highest BCUT2D eigenvalue weighted by Gasteiger charge is 2.45. The van der Waals surface area contributed by atoms with Crippen LogP contribution in [0.1, 0.15) is 26.7 Å². The number of nitrogens with zero attached hydrogens (tertiary/aromatic N) is 1. The second kappa shape index (κ2) is 6.67. The van der Waals surface area contributed by atoms with Crippen molar-refractivity contribution in [3.05, 3.63) is 29.3 Å². The Balaban J connectivity index is 2.28. The number of halogens is 1. The van der Waals surface area contributed by atoms with Crippen LogP contribution in [0.15, 0.2) is 24.3 Å². The Kier molecular flexibility index (Phi) is 5.12. The van der Waals surface area contributed by atoms with E-state index in [0.29, 0.717) is 30.5 Å². The summed E-state index contributed by atoms with van der Waals surface area (Å²) in [5.41, 5.74) is 0.0800. The van der Waals surface area contributed by atoms with E-state index in [1.54, 1.807) is 0 Å². The summed E-state index contributed by atoms with van der Waals surface area (Å²) in [4.78, 5) is 14.8. The van der Waals surface area contributed by atoms with Gasteiger partial charge in [0.05, 0.1) is 17.3 Å². The molecular weight excluding hydrogens is 288 g/mol. The summed E-state index contributed by atoms with van der Waals surface area (Å²) in [5.74, 6) is -0.190. The van der Waals surface area contributed by atoms with E-state index in [2.05, 4.69) is 24.2 Å². The van der Waals surface area contributed by atoms with Gasteiger partial charge in [0.1, 0.15) is 5.54 Å². The van der Waals surface area contributed by atoms with Gasteiger partial charge in [0.25, 0.3) is 0 Å². The van der Waals surface area contributed by atoms with Crippen LogP contribution in [0.5, 0.6) is 0 Å². The van der Waals surface area contributed by atoms with E-state index < -0.39 is 5.54 Å². The molecule has 2 unspecified atom stereocenters. The highest BCUT2D eigenvalue weighted by Crippen LogP contribution is 2.33. The number of likely N-dealkylation sites (tertiary alicyclic amines) is 1. The van der Waals surface area contributed by atoms with Crippen molar-refractivity contribution < 1.29 is 9.53 Å². The van der Waals surface area contributed by atoms with E-state index in [-0.39, 0.29) is 5.97 Å². The number of benzene rings is 1. The van der Waals surface area contributed by atoms with Crippen LogP contribution in [0.25, 0.3) is 0 Å². The molecule has 116 valence electrons. The molecule has 0 aliphatic carbocycles. The van der Waals surface area contributed by atoms with Gasteiger partial charge in [0.2, 0.25) is 0 Å². The molecule has 1 aromatic rings. The summed E-state index contributed by atoms with van der Waals surface area (Å²) < 4.78 is 5.32. The van der Waals surface area contributed by atoms with Crippen molar-refractivity contribution in [3.63, 3.8) is 0 Å². The minimum absolute atomic E-state index is 0.190. The number of nitrogens with one attached hydrogen (secondary N) is 1. The van der Waals surface area contributed by atoms with Crippen molar-refractivity contribution >= 4 is 23.3 Å². The molecule has 0 aromatic heterocycles. The molecule has 0 radical (unpaired) electrons. The third-order valence-corrected chi connectivity index (χ3v) is 4.53. The third kappa shape index (κ3) is 3.50. The molecule has 5 heteroatoms. The van der Waals surface area contributed by atoms with Gasteiger partial charge in [0.15, 0.2) is 0 Å².